The van der Waals surface area contributed by atoms with Crippen molar-refractivity contribution in [3.8, 4) is 0 Å². The summed E-state index contributed by atoms with van der Waals surface area (Å²) < 4.78 is 0. The van der Waals surface area contributed by atoms with Crippen LogP contribution in [0.25, 0.3) is 6.08 Å². The molecule has 2 rings (SSSR count). The zero-order valence-corrected chi connectivity index (χ0v) is 15.5. The number of allylic oxidation sites excluding steroid dienone is 2. The number of carbonyl (C=O) groups excluding carboxylic acids is 1. The minimum Gasteiger partial charge on any atom is -0.353 e. The van der Waals surface area contributed by atoms with E-state index >= 15 is 0 Å². The van der Waals surface area contributed by atoms with Crippen LogP contribution < -0.4 is 5.32 Å². The predicted octanol–water partition coefficient (Wildman–Crippen LogP) is 3.67. The number of rotatable bonds is 8. The van der Waals surface area contributed by atoms with E-state index in [1.807, 2.05) is 24.3 Å². The monoisotopic (exact) mass is 341 g/mol. The lowest BCUT2D eigenvalue weighted by atomic mass is 9.91. The summed E-state index contributed by atoms with van der Waals surface area (Å²) in [5, 5.41) is 2.97. The molecule has 0 aromatic carbocycles. The Labute approximate surface area is 152 Å². The van der Waals surface area contributed by atoms with E-state index < -0.39 is 0 Å². The van der Waals surface area contributed by atoms with Gasteiger partial charge in [-0.05, 0) is 70.2 Å². The first-order chi connectivity index (χ1) is 12.1. The molecule has 4 nitrogen and oxygen atoms in total. The maximum Gasteiger partial charge on any atom is 0.243 e. The Morgan fingerprint density at radius 2 is 2.16 bits per heavy atom. The van der Waals surface area contributed by atoms with Crippen LogP contribution in [-0.2, 0) is 4.79 Å². The number of nitrogens with one attached hydrogen (secondary N) is 1. The first-order valence-electron chi connectivity index (χ1n) is 9.42. The summed E-state index contributed by atoms with van der Waals surface area (Å²) in [7, 11) is 0. The topological polar surface area (TPSA) is 45.2 Å². The summed E-state index contributed by atoms with van der Waals surface area (Å²) in [6.45, 7) is 7.76. The fourth-order valence-corrected chi connectivity index (χ4v) is 3.20. The van der Waals surface area contributed by atoms with Crippen LogP contribution in [0.15, 0.2) is 42.8 Å². The van der Waals surface area contributed by atoms with Crippen LogP contribution in [0, 0.1) is 5.92 Å². The van der Waals surface area contributed by atoms with Crippen molar-refractivity contribution in [3.63, 3.8) is 0 Å². The number of pyridine rings is 1. The van der Waals surface area contributed by atoms with Gasteiger partial charge in [0.25, 0.3) is 0 Å². The molecule has 0 spiro atoms. The van der Waals surface area contributed by atoms with Gasteiger partial charge in [-0.2, -0.15) is 0 Å². The van der Waals surface area contributed by atoms with Gasteiger partial charge in [-0.3, -0.25) is 9.78 Å². The molecule has 1 N–H and O–H groups in total. The van der Waals surface area contributed by atoms with Gasteiger partial charge in [-0.15, -0.1) is 0 Å². The molecule has 136 valence electrons. The zero-order valence-electron chi connectivity index (χ0n) is 15.5. The van der Waals surface area contributed by atoms with Crippen LogP contribution in [0.3, 0.4) is 0 Å². The molecule has 1 fully saturated rings. The average molecular weight is 341 g/mol. The lowest BCUT2D eigenvalue weighted by Gasteiger charge is -2.34. The number of likely N-dealkylation sites (tertiary alicyclic amines) is 1. The van der Waals surface area contributed by atoms with E-state index in [0.717, 1.165) is 24.4 Å². The molecular weight excluding hydrogens is 310 g/mol. The van der Waals surface area contributed by atoms with Crippen molar-refractivity contribution in [1.82, 2.24) is 15.2 Å². The Hall–Kier alpha value is -1.94. The third-order valence-corrected chi connectivity index (χ3v) is 4.80. The van der Waals surface area contributed by atoms with Crippen molar-refractivity contribution in [3.05, 3.63) is 48.3 Å². The van der Waals surface area contributed by atoms with Gasteiger partial charge in [0.1, 0.15) is 0 Å². The lowest BCUT2D eigenvalue weighted by Crippen LogP contribution is -2.38. The first kappa shape index (κ1) is 19.4. The van der Waals surface area contributed by atoms with Gasteiger partial charge in [-0.25, -0.2) is 0 Å². The highest BCUT2D eigenvalue weighted by atomic mass is 16.1. The summed E-state index contributed by atoms with van der Waals surface area (Å²) >= 11 is 0. The smallest absolute Gasteiger partial charge is 0.243 e. The van der Waals surface area contributed by atoms with Crippen LogP contribution >= 0.6 is 0 Å². The molecule has 2 heterocycles. The van der Waals surface area contributed by atoms with E-state index in [-0.39, 0.29) is 5.91 Å². The van der Waals surface area contributed by atoms with Crippen molar-refractivity contribution >= 4 is 12.0 Å². The van der Waals surface area contributed by atoms with Gasteiger partial charge in [0.15, 0.2) is 0 Å². The van der Waals surface area contributed by atoms with Crippen LogP contribution in [-0.4, -0.2) is 41.5 Å². The molecule has 1 aliphatic rings. The molecule has 0 unspecified atom stereocenters. The molecule has 1 aromatic rings. The number of hydrogen-bond acceptors (Lipinski definition) is 3. The molecular formula is C21H31N3O. The van der Waals surface area contributed by atoms with Crippen molar-refractivity contribution in [1.29, 1.82) is 0 Å². The standard InChI is InChI=1S/C21H31N3O/c1-18(2)24-15-11-19(12-16-24)8-6-14-23-21(25)10-4-3-7-20-9-5-13-22-17-20/h3-5,7,9-10,13,17-19H,6,8,11-12,14-16H2,1-2H3,(H,23,25)/b7-3+,10-4+. The number of aromatic nitrogens is 1. The van der Waals surface area contributed by atoms with Crippen LogP contribution in [0.5, 0.6) is 0 Å². The Morgan fingerprint density at radius 1 is 1.36 bits per heavy atom. The number of nitrogens with zero attached hydrogens (tertiary/aromatic N) is 2. The number of amides is 1. The van der Waals surface area contributed by atoms with Crippen LogP contribution in [0.2, 0.25) is 0 Å². The summed E-state index contributed by atoms with van der Waals surface area (Å²) in [4.78, 5) is 18.4. The molecule has 1 amide bonds. The van der Waals surface area contributed by atoms with E-state index in [1.54, 1.807) is 24.5 Å². The van der Waals surface area contributed by atoms with Gasteiger partial charge < -0.3 is 10.2 Å². The van der Waals surface area contributed by atoms with Crippen molar-refractivity contribution < 1.29 is 4.79 Å². The Balaban J connectivity index is 1.55. The van der Waals surface area contributed by atoms with Crippen molar-refractivity contribution in [2.45, 2.75) is 45.6 Å². The third kappa shape index (κ3) is 7.65. The first-order valence-corrected chi connectivity index (χ1v) is 9.42. The molecule has 4 heteroatoms. The van der Waals surface area contributed by atoms with E-state index in [4.69, 9.17) is 0 Å². The largest absolute Gasteiger partial charge is 0.353 e. The highest BCUT2D eigenvalue weighted by Gasteiger charge is 2.20. The second-order valence-corrected chi connectivity index (χ2v) is 7.01. The average Bonchev–Trinajstić information content (AvgIpc) is 2.63. The van der Waals surface area contributed by atoms with E-state index in [9.17, 15) is 4.79 Å². The Morgan fingerprint density at radius 3 is 2.84 bits per heavy atom. The molecule has 0 aliphatic carbocycles. The molecule has 1 aromatic heterocycles. The minimum atomic E-state index is -0.0227. The van der Waals surface area contributed by atoms with E-state index in [2.05, 4.69) is 29.0 Å². The fourth-order valence-electron chi connectivity index (χ4n) is 3.20. The van der Waals surface area contributed by atoms with Crippen molar-refractivity contribution in [2.75, 3.05) is 19.6 Å². The third-order valence-electron chi connectivity index (χ3n) is 4.80. The summed E-state index contributed by atoms with van der Waals surface area (Å²) in [5.74, 6) is 0.801. The predicted molar refractivity (Wildman–Crippen MR) is 104 cm³/mol. The minimum absolute atomic E-state index is 0.0227. The Kier molecular flexibility index (Phi) is 8.40. The molecule has 25 heavy (non-hydrogen) atoms. The quantitative estimate of drug-likeness (QED) is 0.446. The van der Waals surface area contributed by atoms with Crippen LogP contribution in [0.4, 0.5) is 0 Å². The van der Waals surface area contributed by atoms with Gasteiger partial charge >= 0.3 is 0 Å². The molecule has 0 radical (unpaired) electrons. The number of hydrogen-bond donors (Lipinski definition) is 1. The van der Waals surface area contributed by atoms with Crippen LogP contribution in [0.1, 0.15) is 45.1 Å². The lowest BCUT2D eigenvalue weighted by molar-refractivity contribution is -0.116. The number of piperidine rings is 1. The molecule has 0 saturated carbocycles. The maximum absolute atomic E-state index is 11.8. The van der Waals surface area contributed by atoms with Crippen molar-refractivity contribution in [2.24, 2.45) is 5.92 Å². The SMILES string of the molecule is CC(C)N1CCC(CCCNC(=O)/C=C/C=C/c2cccnc2)CC1. The number of carbonyl (C=O) groups is 1. The summed E-state index contributed by atoms with van der Waals surface area (Å²) in [5.41, 5.74) is 1.02. The van der Waals surface area contributed by atoms with Gasteiger partial charge in [0, 0.05) is 31.1 Å². The highest BCUT2D eigenvalue weighted by molar-refractivity contribution is 5.87. The normalized spacial score (nSPS) is 16.9. The second-order valence-electron chi connectivity index (χ2n) is 7.01. The van der Waals surface area contributed by atoms with E-state index in [0.29, 0.717) is 6.04 Å². The Bertz CT molecular complexity index is 558. The van der Waals surface area contributed by atoms with Gasteiger partial charge in [0.05, 0.1) is 0 Å². The van der Waals surface area contributed by atoms with E-state index in [1.165, 1.54) is 32.4 Å². The highest BCUT2D eigenvalue weighted by Crippen LogP contribution is 2.22. The summed E-state index contributed by atoms with van der Waals surface area (Å²) in [6, 6.07) is 4.53. The fraction of sp³-hybridized carbons (Fsp3) is 0.524. The van der Waals surface area contributed by atoms with Gasteiger partial charge in [-0.1, -0.05) is 24.3 Å². The molecule has 0 atom stereocenters. The molecule has 0 bridgehead atoms. The second kappa shape index (κ2) is 10.8. The van der Waals surface area contributed by atoms with Gasteiger partial charge in [0.2, 0.25) is 5.91 Å². The summed E-state index contributed by atoms with van der Waals surface area (Å²) in [6.07, 6.45) is 15.5. The molecule has 1 aliphatic heterocycles. The maximum atomic E-state index is 11.8. The molecule has 1 saturated heterocycles. The zero-order chi connectivity index (χ0) is 17.9.